The summed E-state index contributed by atoms with van der Waals surface area (Å²) in [5.41, 5.74) is 1.03. The van der Waals surface area contributed by atoms with Gasteiger partial charge in [-0.2, -0.15) is 0 Å². The molecule has 1 N–H and O–H groups in total. The maximum absolute atomic E-state index is 13.6. The van der Waals surface area contributed by atoms with E-state index in [0.717, 1.165) is 12.0 Å². The van der Waals surface area contributed by atoms with E-state index >= 15 is 0 Å². The summed E-state index contributed by atoms with van der Waals surface area (Å²) in [4.78, 5) is 2.33. The Morgan fingerprint density at radius 1 is 1.35 bits per heavy atom. The van der Waals surface area contributed by atoms with Crippen molar-refractivity contribution in [1.29, 1.82) is 0 Å². The van der Waals surface area contributed by atoms with E-state index in [1.54, 1.807) is 6.07 Å². The number of nitrogens with one attached hydrogen (secondary N) is 1. The zero-order chi connectivity index (χ0) is 14.8. The molecule has 0 aliphatic heterocycles. The summed E-state index contributed by atoms with van der Waals surface area (Å²) in [5, 5.41) is 3.70. The predicted molar refractivity (Wildman–Crippen MR) is 82.8 cm³/mol. The Morgan fingerprint density at radius 3 is 2.55 bits per heavy atom. The average molecular weight is 299 g/mol. The third-order valence-corrected chi connectivity index (χ3v) is 5.24. The average Bonchev–Trinajstić information content (AvgIpc) is 2.91. The van der Waals surface area contributed by atoms with Crippen molar-refractivity contribution in [1.82, 2.24) is 10.2 Å². The van der Waals surface area contributed by atoms with Gasteiger partial charge in [-0.1, -0.05) is 36.6 Å². The number of hydrogen-bond acceptors (Lipinski definition) is 2. The van der Waals surface area contributed by atoms with E-state index in [1.807, 2.05) is 13.1 Å². The summed E-state index contributed by atoms with van der Waals surface area (Å²) in [5.74, 6) is -0.329. The van der Waals surface area contributed by atoms with Gasteiger partial charge >= 0.3 is 0 Å². The van der Waals surface area contributed by atoms with Gasteiger partial charge in [0.2, 0.25) is 0 Å². The first-order valence-corrected chi connectivity index (χ1v) is 7.66. The van der Waals surface area contributed by atoms with Gasteiger partial charge in [-0.3, -0.25) is 0 Å². The van der Waals surface area contributed by atoms with Crippen molar-refractivity contribution in [2.24, 2.45) is 0 Å². The monoisotopic (exact) mass is 298 g/mol. The van der Waals surface area contributed by atoms with Gasteiger partial charge in [-0.15, -0.1) is 0 Å². The normalized spacial score (nSPS) is 19.5. The molecular formula is C16H24ClFN2. The van der Waals surface area contributed by atoms with Crippen LogP contribution in [-0.4, -0.2) is 37.6 Å². The summed E-state index contributed by atoms with van der Waals surface area (Å²) >= 11 is 6.11. The molecule has 0 spiro atoms. The Morgan fingerprint density at radius 2 is 2.00 bits per heavy atom. The maximum Gasteiger partial charge on any atom is 0.142 e. The van der Waals surface area contributed by atoms with Gasteiger partial charge in [0.1, 0.15) is 5.82 Å². The number of nitrogens with zero attached hydrogens (tertiary/aromatic N) is 1. The standard InChI is InChI=1S/C16H24ClFN2/c1-19-14(16(20(2)3)9-4-5-10-16)11-12-7-6-8-13(18)15(12)17/h6-8,14,19H,4-5,9-11H2,1-3H3. The highest BCUT2D eigenvalue weighted by Gasteiger charge is 2.42. The molecule has 20 heavy (non-hydrogen) atoms. The first-order valence-electron chi connectivity index (χ1n) is 7.29. The first-order chi connectivity index (χ1) is 9.51. The first kappa shape index (κ1) is 15.7. The summed E-state index contributed by atoms with van der Waals surface area (Å²) in [6.45, 7) is 0. The molecule has 1 unspecified atom stereocenters. The molecule has 1 aliphatic carbocycles. The van der Waals surface area contributed by atoms with E-state index in [1.165, 1.54) is 31.7 Å². The fourth-order valence-corrected chi connectivity index (χ4v) is 3.78. The minimum Gasteiger partial charge on any atom is -0.315 e. The van der Waals surface area contributed by atoms with Crippen molar-refractivity contribution >= 4 is 11.6 Å². The highest BCUT2D eigenvalue weighted by molar-refractivity contribution is 6.31. The second-order valence-electron chi connectivity index (χ2n) is 5.96. The minimum atomic E-state index is -0.329. The van der Waals surface area contributed by atoms with Gasteiger partial charge in [0.05, 0.1) is 5.02 Å². The van der Waals surface area contributed by atoms with Crippen LogP contribution in [0.3, 0.4) is 0 Å². The third-order valence-electron chi connectivity index (χ3n) is 4.81. The topological polar surface area (TPSA) is 15.3 Å². The lowest BCUT2D eigenvalue weighted by Crippen LogP contribution is -2.57. The van der Waals surface area contributed by atoms with Gasteiger partial charge in [0, 0.05) is 11.6 Å². The largest absolute Gasteiger partial charge is 0.315 e. The predicted octanol–water partition coefficient (Wildman–Crippen LogP) is 3.48. The van der Waals surface area contributed by atoms with Crippen molar-refractivity contribution in [3.8, 4) is 0 Å². The summed E-state index contributed by atoms with van der Waals surface area (Å²) < 4.78 is 13.6. The van der Waals surface area contributed by atoms with Crippen molar-refractivity contribution in [3.63, 3.8) is 0 Å². The van der Waals surface area contributed by atoms with Gasteiger partial charge in [-0.05, 0) is 52.0 Å². The number of hydrogen-bond donors (Lipinski definition) is 1. The quantitative estimate of drug-likeness (QED) is 0.895. The second kappa shape index (κ2) is 6.42. The molecule has 0 radical (unpaired) electrons. The van der Waals surface area contributed by atoms with Crippen LogP contribution in [0.5, 0.6) is 0 Å². The lowest BCUT2D eigenvalue weighted by atomic mass is 9.83. The summed E-state index contributed by atoms with van der Waals surface area (Å²) in [7, 11) is 6.27. The van der Waals surface area contributed by atoms with Crippen molar-refractivity contribution in [2.75, 3.05) is 21.1 Å². The molecule has 0 saturated heterocycles. The Balaban J connectivity index is 2.26. The minimum absolute atomic E-state index is 0.143. The number of benzene rings is 1. The van der Waals surface area contributed by atoms with E-state index in [4.69, 9.17) is 11.6 Å². The number of likely N-dealkylation sites (N-methyl/N-ethyl adjacent to an activating group) is 2. The van der Waals surface area contributed by atoms with Crippen molar-refractivity contribution < 1.29 is 4.39 Å². The molecule has 1 aliphatic rings. The van der Waals surface area contributed by atoms with E-state index < -0.39 is 0 Å². The van der Waals surface area contributed by atoms with Gasteiger partial charge in [0.15, 0.2) is 0 Å². The van der Waals surface area contributed by atoms with E-state index in [0.29, 0.717) is 0 Å². The Bertz CT molecular complexity index is 456. The van der Waals surface area contributed by atoms with E-state index in [-0.39, 0.29) is 22.4 Å². The van der Waals surface area contributed by atoms with Crippen LogP contribution in [0.15, 0.2) is 18.2 Å². The Labute approximate surface area is 126 Å². The van der Waals surface area contributed by atoms with Gasteiger partial charge in [-0.25, -0.2) is 4.39 Å². The third kappa shape index (κ3) is 2.85. The smallest absolute Gasteiger partial charge is 0.142 e. The zero-order valence-electron chi connectivity index (χ0n) is 12.5. The van der Waals surface area contributed by atoms with E-state index in [9.17, 15) is 4.39 Å². The van der Waals surface area contributed by atoms with Gasteiger partial charge in [0.25, 0.3) is 0 Å². The van der Waals surface area contributed by atoms with Crippen LogP contribution >= 0.6 is 11.6 Å². The van der Waals surface area contributed by atoms with Crippen molar-refractivity contribution in [3.05, 3.63) is 34.6 Å². The summed E-state index contributed by atoms with van der Waals surface area (Å²) in [6, 6.07) is 5.35. The van der Waals surface area contributed by atoms with E-state index in [2.05, 4.69) is 24.3 Å². The fraction of sp³-hybridized carbons (Fsp3) is 0.625. The molecule has 1 aromatic carbocycles. The lowest BCUT2D eigenvalue weighted by Gasteiger charge is -2.43. The number of halogens is 2. The fourth-order valence-electron chi connectivity index (χ4n) is 3.58. The molecule has 2 nitrogen and oxygen atoms in total. The van der Waals surface area contributed by atoms with Crippen LogP contribution in [0.25, 0.3) is 0 Å². The van der Waals surface area contributed by atoms with Crippen molar-refractivity contribution in [2.45, 2.75) is 43.7 Å². The Hall–Kier alpha value is -0.640. The zero-order valence-corrected chi connectivity index (χ0v) is 13.3. The molecule has 0 bridgehead atoms. The molecule has 0 amide bonds. The van der Waals surface area contributed by atoms with Crippen LogP contribution in [-0.2, 0) is 6.42 Å². The maximum atomic E-state index is 13.6. The second-order valence-corrected chi connectivity index (χ2v) is 6.34. The molecular weight excluding hydrogens is 275 g/mol. The highest BCUT2D eigenvalue weighted by Crippen LogP contribution is 2.38. The molecule has 1 saturated carbocycles. The lowest BCUT2D eigenvalue weighted by molar-refractivity contribution is 0.108. The highest BCUT2D eigenvalue weighted by atomic mass is 35.5. The molecule has 1 atom stereocenters. The van der Waals surface area contributed by atoms with Crippen LogP contribution < -0.4 is 5.32 Å². The number of rotatable bonds is 5. The molecule has 4 heteroatoms. The molecule has 112 valence electrons. The summed E-state index contributed by atoms with van der Waals surface area (Å²) in [6.07, 6.45) is 5.63. The molecule has 1 fully saturated rings. The van der Waals surface area contributed by atoms with Gasteiger partial charge < -0.3 is 10.2 Å². The molecule has 2 rings (SSSR count). The molecule has 1 aromatic rings. The molecule has 0 heterocycles. The van der Waals surface area contributed by atoms with Crippen LogP contribution in [0.2, 0.25) is 5.02 Å². The van der Waals surface area contributed by atoms with Crippen LogP contribution in [0.1, 0.15) is 31.2 Å². The Kier molecular flexibility index (Phi) is 5.05. The molecule has 0 aromatic heterocycles. The van der Waals surface area contributed by atoms with Crippen LogP contribution in [0, 0.1) is 5.82 Å². The SMILES string of the molecule is CNC(Cc1cccc(F)c1Cl)C1(N(C)C)CCCC1. The van der Waals surface area contributed by atoms with Crippen LogP contribution in [0.4, 0.5) is 4.39 Å².